The summed E-state index contributed by atoms with van der Waals surface area (Å²) in [5.41, 5.74) is 5.58. The average molecular weight is 185 g/mol. The highest BCUT2D eigenvalue weighted by Gasteiger charge is 2.44. The maximum absolute atomic E-state index is 9.65. The van der Waals surface area contributed by atoms with Gasteiger partial charge >= 0.3 is 7.12 Å². The van der Waals surface area contributed by atoms with Crippen molar-refractivity contribution in [1.82, 2.24) is 0 Å². The Morgan fingerprint density at radius 2 is 2.15 bits per heavy atom. The van der Waals surface area contributed by atoms with Gasteiger partial charge in [0.15, 0.2) is 0 Å². The molecule has 3 atom stereocenters. The van der Waals surface area contributed by atoms with E-state index in [1.807, 2.05) is 0 Å². The van der Waals surface area contributed by atoms with Crippen LogP contribution >= 0.6 is 0 Å². The largest absolute Gasteiger partial charge is 0.458 e. The molecular formula is C9H20BNO2. The first-order valence-electron chi connectivity index (χ1n) is 5.28. The van der Waals surface area contributed by atoms with E-state index in [2.05, 4.69) is 13.8 Å². The number of hydrogen-bond acceptors (Lipinski definition) is 3. The second-order valence-electron chi connectivity index (χ2n) is 3.83. The van der Waals surface area contributed by atoms with Crippen LogP contribution in [0.2, 0.25) is 5.82 Å². The lowest BCUT2D eigenvalue weighted by Crippen LogP contribution is -2.26. The van der Waals surface area contributed by atoms with Crippen molar-refractivity contribution >= 4 is 7.12 Å². The van der Waals surface area contributed by atoms with E-state index < -0.39 is 7.12 Å². The summed E-state index contributed by atoms with van der Waals surface area (Å²) in [6.45, 7) is 4.79. The Labute approximate surface area is 80.8 Å². The molecule has 0 aromatic rings. The van der Waals surface area contributed by atoms with E-state index in [1.54, 1.807) is 0 Å². The fourth-order valence-electron chi connectivity index (χ4n) is 2.35. The predicted molar refractivity (Wildman–Crippen MR) is 54.3 cm³/mol. The summed E-state index contributed by atoms with van der Waals surface area (Å²) in [4.78, 5) is 0. The Hall–Kier alpha value is -0.0551. The van der Waals surface area contributed by atoms with Crippen LogP contribution in [-0.4, -0.2) is 24.8 Å². The van der Waals surface area contributed by atoms with Gasteiger partial charge in [-0.25, -0.2) is 0 Å². The SMILES string of the molecule is CCCC1B(O)OC(CN)C1CC. The van der Waals surface area contributed by atoms with Crippen LogP contribution in [0.1, 0.15) is 33.1 Å². The number of rotatable bonds is 4. The van der Waals surface area contributed by atoms with Crippen molar-refractivity contribution in [1.29, 1.82) is 0 Å². The van der Waals surface area contributed by atoms with Gasteiger partial charge in [-0.05, 0) is 11.7 Å². The fourth-order valence-corrected chi connectivity index (χ4v) is 2.35. The van der Waals surface area contributed by atoms with Gasteiger partial charge < -0.3 is 15.4 Å². The molecule has 0 saturated carbocycles. The van der Waals surface area contributed by atoms with Gasteiger partial charge in [0.2, 0.25) is 0 Å². The molecule has 13 heavy (non-hydrogen) atoms. The van der Waals surface area contributed by atoms with Crippen LogP contribution in [0.3, 0.4) is 0 Å². The van der Waals surface area contributed by atoms with E-state index in [9.17, 15) is 5.02 Å². The summed E-state index contributed by atoms with van der Waals surface area (Å²) >= 11 is 0. The molecule has 3 nitrogen and oxygen atoms in total. The molecule has 0 amide bonds. The van der Waals surface area contributed by atoms with Crippen molar-refractivity contribution < 1.29 is 9.68 Å². The zero-order valence-corrected chi connectivity index (χ0v) is 8.57. The molecule has 0 radical (unpaired) electrons. The molecule has 1 heterocycles. The van der Waals surface area contributed by atoms with Gasteiger partial charge in [-0.1, -0.05) is 33.1 Å². The molecule has 3 unspecified atom stereocenters. The molecule has 1 aliphatic rings. The lowest BCUT2D eigenvalue weighted by Gasteiger charge is -2.20. The first kappa shape index (κ1) is 11.0. The summed E-state index contributed by atoms with van der Waals surface area (Å²) in [7, 11) is -0.585. The minimum atomic E-state index is -0.585. The molecule has 4 heteroatoms. The molecule has 0 bridgehead atoms. The summed E-state index contributed by atoms with van der Waals surface area (Å²) < 4.78 is 5.41. The van der Waals surface area contributed by atoms with E-state index in [-0.39, 0.29) is 6.10 Å². The second-order valence-corrected chi connectivity index (χ2v) is 3.83. The summed E-state index contributed by atoms with van der Waals surface area (Å²) in [6, 6.07) is 0. The Morgan fingerprint density at radius 1 is 1.46 bits per heavy atom. The quantitative estimate of drug-likeness (QED) is 0.643. The molecule has 0 aromatic carbocycles. The molecule has 0 spiro atoms. The summed E-state index contributed by atoms with van der Waals surface area (Å²) in [5.74, 6) is 0.739. The van der Waals surface area contributed by atoms with Crippen molar-refractivity contribution in [3.63, 3.8) is 0 Å². The molecule has 1 fully saturated rings. The standard InChI is InChI=1S/C9H20BNO2/c1-3-5-8-7(4-2)9(6-11)13-10(8)12/h7-9,12H,3-6,11H2,1-2H3. The Balaban J connectivity index is 2.59. The smallest absolute Gasteiger partial charge is 0.427 e. The Kier molecular flexibility index (Phi) is 4.23. The van der Waals surface area contributed by atoms with E-state index >= 15 is 0 Å². The predicted octanol–water partition coefficient (Wildman–Crippen LogP) is 1.02. The average Bonchev–Trinajstić information content (AvgIpc) is 2.44. The second kappa shape index (κ2) is 4.98. The maximum atomic E-state index is 9.65. The molecule has 1 rings (SSSR count). The third kappa shape index (κ3) is 2.24. The fraction of sp³-hybridized carbons (Fsp3) is 1.00. The molecule has 1 aliphatic heterocycles. The van der Waals surface area contributed by atoms with Crippen LogP contribution in [0.15, 0.2) is 0 Å². The third-order valence-corrected chi connectivity index (χ3v) is 3.03. The molecule has 0 aliphatic carbocycles. The zero-order chi connectivity index (χ0) is 9.84. The molecule has 1 saturated heterocycles. The van der Waals surface area contributed by atoms with Crippen molar-refractivity contribution in [3.8, 4) is 0 Å². The first-order valence-corrected chi connectivity index (χ1v) is 5.28. The third-order valence-electron chi connectivity index (χ3n) is 3.03. The van der Waals surface area contributed by atoms with Crippen molar-refractivity contribution in [3.05, 3.63) is 0 Å². The van der Waals surface area contributed by atoms with Gasteiger partial charge in [0, 0.05) is 6.54 Å². The van der Waals surface area contributed by atoms with Crippen LogP contribution in [-0.2, 0) is 4.65 Å². The van der Waals surface area contributed by atoms with Crippen LogP contribution in [0, 0.1) is 5.92 Å². The molecule has 0 aromatic heterocycles. The maximum Gasteiger partial charge on any atom is 0.458 e. The molecule has 76 valence electrons. The normalized spacial score (nSPS) is 34.2. The van der Waals surface area contributed by atoms with E-state index in [1.165, 1.54) is 0 Å². The van der Waals surface area contributed by atoms with Gasteiger partial charge in [-0.3, -0.25) is 0 Å². The number of nitrogens with two attached hydrogens (primary N) is 1. The molecular weight excluding hydrogens is 165 g/mol. The minimum Gasteiger partial charge on any atom is -0.427 e. The first-order chi connectivity index (χ1) is 6.24. The minimum absolute atomic E-state index is 0.0662. The highest BCUT2D eigenvalue weighted by molar-refractivity contribution is 6.45. The van der Waals surface area contributed by atoms with Crippen LogP contribution in [0.25, 0.3) is 0 Å². The van der Waals surface area contributed by atoms with E-state index in [4.69, 9.17) is 10.4 Å². The van der Waals surface area contributed by atoms with Crippen LogP contribution in [0.5, 0.6) is 0 Å². The van der Waals surface area contributed by atoms with Crippen molar-refractivity contribution in [2.75, 3.05) is 6.54 Å². The van der Waals surface area contributed by atoms with Crippen molar-refractivity contribution in [2.45, 2.75) is 45.0 Å². The lowest BCUT2D eigenvalue weighted by molar-refractivity contribution is 0.165. The van der Waals surface area contributed by atoms with Crippen LogP contribution < -0.4 is 5.73 Å². The highest BCUT2D eigenvalue weighted by Crippen LogP contribution is 2.39. The Bertz CT molecular complexity index is 157. The molecule has 3 N–H and O–H groups in total. The van der Waals surface area contributed by atoms with Crippen LogP contribution in [0.4, 0.5) is 0 Å². The van der Waals surface area contributed by atoms with Gasteiger partial charge in [0.1, 0.15) is 0 Å². The van der Waals surface area contributed by atoms with Crippen molar-refractivity contribution in [2.24, 2.45) is 11.7 Å². The number of hydrogen-bond donors (Lipinski definition) is 2. The van der Waals surface area contributed by atoms with Gasteiger partial charge in [0.05, 0.1) is 6.10 Å². The van der Waals surface area contributed by atoms with Gasteiger partial charge in [0.25, 0.3) is 0 Å². The van der Waals surface area contributed by atoms with E-state index in [0.29, 0.717) is 18.3 Å². The monoisotopic (exact) mass is 185 g/mol. The lowest BCUT2D eigenvalue weighted by atomic mass is 9.65. The summed E-state index contributed by atoms with van der Waals surface area (Å²) in [5, 5.41) is 9.65. The van der Waals surface area contributed by atoms with E-state index in [0.717, 1.165) is 19.3 Å². The highest BCUT2D eigenvalue weighted by atomic mass is 16.5. The summed E-state index contributed by atoms with van der Waals surface area (Å²) in [6.07, 6.45) is 3.25. The van der Waals surface area contributed by atoms with Gasteiger partial charge in [-0.15, -0.1) is 0 Å². The topological polar surface area (TPSA) is 55.5 Å². The Morgan fingerprint density at radius 3 is 2.62 bits per heavy atom. The zero-order valence-electron chi connectivity index (χ0n) is 8.57. The van der Waals surface area contributed by atoms with Gasteiger partial charge in [-0.2, -0.15) is 0 Å².